The second-order valence-corrected chi connectivity index (χ2v) is 4.95. The largest absolute Gasteiger partial charge is 0.386 e. The highest BCUT2D eigenvalue weighted by Gasteiger charge is 2.29. The van der Waals surface area contributed by atoms with Gasteiger partial charge in [-0.3, -0.25) is 0 Å². The summed E-state index contributed by atoms with van der Waals surface area (Å²) in [5.41, 5.74) is 6.00. The van der Waals surface area contributed by atoms with Gasteiger partial charge in [0.05, 0.1) is 10.7 Å². The summed E-state index contributed by atoms with van der Waals surface area (Å²) in [7, 11) is 0. The average Bonchev–Trinajstić information content (AvgIpc) is 2.50. The van der Waals surface area contributed by atoms with Crippen LogP contribution in [0.2, 0.25) is 0 Å². The molecule has 0 aliphatic heterocycles. The highest BCUT2D eigenvalue weighted by Crippen LogP contribution is 2.32. The van der Waals surface area contributed by atoms with Gasteiger partial charge in [-0.2, -0.15) is 0 Å². The lowest BCUT2D eigenvalue weighted by Gasteiger charge is -2.27. The molecular formula is C9H16N2OS. The van der Waals surface area contributed by atoms with E-state index in [0.29, 0.717) is 6.54 Å². The Morgan fingerprint density at radius 1 is 1.69 bits per heavy atom. The van der Waals surface area contributed by atoms with Crippen molar-refractivity contribution in [3.05, 3.63) is 16.1 Å². The predicted molar refractivity (Wildman–Crippen MR) is 54.6 cm³/mol. The molecule has 74 valence electrons. The topological polar surface area (TPSA) is 59.1 Å². The minimum Gasteiger partial charge on any atom is -0.386 e. The first-order valence-electron chi connectivity index (χ1n) is 4.27. The molecule has 1 aromatic rings. The number of aromatic nitrogens is 1. The molecule has 0 amide bonds. The van der Waals surface area contributed by atoms with Gasteiger partial charge in [-0.25, -0.2) is 4.98 Å². The maximum absolute atomic E-state index is 9.93. The van der Waals surface area contributed by atoms with E-state index >= 15 is 0 Å². The van der Waals surface area contributed by atoms with Crippen LogP contribution >= 0.6 is 11.3 Å². The molecule has 0 saturated heterocycles. The fraction of sp³-hybridized carbons (Fsp3) is 0.667. The number of aliphatic hydroxyl groups is 1. The summed E-state index contributed by atoms with van der Waals surface area (Å²) in [5, 5.41) is 12.8. The zero-order chi connectivity index (χ0) is 10.1. The van der Waals surface area contributed by atoms with Crippen LogP contribution in [0.5, 0.6) is 0 Å². The second kappa shape index (κ2) is 3.74. The van der Waals surface area contributed by atoms with Crippen molar-refractivity contribution < 1.29 is 5.11 Å². The van der Waals surface area contributed by atoms with Crippen molar-refractivity contribution >= 4 is 11.3 Å². The van der Waals surface area contributed by atoms with Crippen molar-refractivity contribution in [1.29, 1.82) is 0 Å². The fourth-order valence-electron chi connectivity index (χ4n) is 1.02. The third kappa shape index (κ3) is 2.27. The summed E-state index contributed by atoms with van der Waals surface area (Å²) >= 11 is 1.55. The number of rotatable bonds is 3. The van der Waals surface area contributed by atoms with Gasteiger partial charge in [0.15, 0.2) is 0 Å². The van der Waals surface area contributed by atoms with Crippen molar-refractivity contribution in [2.24, 2.45) is 11.1 Å². The molecule has 1 rings (SSSR count). The van der Waals surface area contributed by atoms with Crippen LogP contribution in [0.1, 0.15) is 30.7 Å². The molecule has 3 nitrogen and oxygen atoms in total. The van der Waals surface area contributed by atoms with Gasteiger partial charge in [-0.1, -0.05) is 13.8 Å². The molecule has 0 bridgehead atoms. The number of aliphatic hydroxyl groups excluding tert-OH is 1. The SMILES string of the molecule is Cc1nc(C(O)C(C)(C)CN)cs1. The highest BCUT2D eigenvalue weighted by atomic mass is 32.1. The van der Waals surface area contributed by atoms with Crippen LogP contribution in [0.4, 0.5) is 0 Å². The number of nitrogens with zero attached hydrogens (tertiary/aromatic N) is 1. The van der Waals surface area contributed by atoms with E-state index in [1.165, 1.54) is 0 Å². The lowest BCUT2D eigenvalue weighted by atomic mass is 9.85. The van der Waals surface area contributed by atoms with Crippen LogP contribution in [0.3, 0.4) is 0 Å². The predicted octanol–water partition coefficient (Wildman–Crippen LogP) is 1.47. The van der Waals surface area contributed by atoms with Crippen LogP contribution in [0, 0.1) is 12.3 Å². The van der Waals surface area contributed by atoms with Crippen molar-refractivity contribution in [3.8, 4) is 0 Å². The van der Waals surface area contributed by atoms with E-state index in [-0.39, 0.29) is 5.41 Å². The fourth-order valence-corrected chi connectivity index (χ4v) is 1.65. The summed E-state index contributed by atoms with van der Waals surface area (Å²) in [6.45, 7) is 6.25. The van der Waals surface area contributed by atoms with Crippen molar-refractivity contribution in [2.45, 2.75) is 26.9 Å². The zero-order valence-corrected chi connectivity index (χ0v) is 9.06. The molecule has 0 radical (unpaired) electrons. The smallest absolute Gasteiger partial charge is 0.103 e. The van der Waals surface area contributed by atoms with E-state index in [0.717, 1.165) is 10.7 Å². The van der Waals surface area contributed by atoms with Gasteiger partial charge < -0.3 is 10.8 Å². The molecule has 13 heavy (non-hydrogen) atoms. The van der Waals surface area contributed by atoms with Gasteiger partial charge in [0.1, 0.15) is 6.10 Å². The van der Waals surface area contributed by atoms with E-state index in [9.17, 15) is 5.11 Å². The summed E-state index contributed by atoms with van der Waals surface area (Å²) in [5.74, 6) is 0. The zero-order valence-electron chi connectivity index (χ0n) is 8.24. The Balaban J connectivity index is 2.84. The van der Waals surface area contributed by atoms with E-state index in [1.54, 1.807) is 11.3 Å². The molecule has 1 atom stereocenters. The minimum atomic E-state index is -0.567. The Hall–Kier alpha value is -0.450. The molecule has 0 fully saturated rings. The van der Waals surface area contributed by atoms with E-state index < -0.39 is 6.10 Å². The van der Waals surface area contributed by atoms with E-state index in [1.807, 2.05) is 26.2 Å². The van der Waals surface area contributed by atoms with Crippen LogP contribution in [0.15, 0.2) is 5.38 Å². The maximum atomic E-state index is 9.93. The second-order valence-electron chi connectivity index (χ2n) is 3.89. The van der Waals surface area contributed by atoms with Crippen molar-refractivity contribution in [1.82, 2.24) is 4.98 Å². The summed E-state index contributed by atoms with van der Waals surface area (Å²) in [6.07, 6.45) is -0.567. The molecule has 0 spiro atoms. The number of hydrogen-bond donors (Lipinski definition) is 2. The third-order valence-corrected chi connectivity index (χ3v) is 2.97. The molecule has 4 heteroatoms. The molecule has 0 saturated carbocycles. The minimum absolute atomic E-state index is 0.305. The van der Waals surface area contributed by atoms with Crippen molar-refractivity contribution in [2.75, 3.05) is 6.54 Å². The van der Waals surface area contributed by atoms with E-state index in [2.05, 4.69) is 4.98 Å². The summed E-state index contributed by atoms with van der Waals surface area (Å²) < 4.78 is 0. The molecule has 1 unspecified atom stereocenters. The molecule has 0 aromatic carbocycles. The van der Waals surface area contributed by atoms with Gasteiger partial charge >= 0.3 is 0 Å². The lowest BCUT2D eigenvalue weighted by Crippen LogP contribution is -2.30. The molecular weight excluding hydrogens is 184 g/mol. The molecule has 1 heterocycles. The van der Waals surface area contributed by atoms with Gasteiger partial charge in [0, 0.05) is 17.3 Å². The number of nitrogens with two attached hydrogens (primary N) is 1. The number of aryl methyl sites for hydroxylation is 1. The Bertz CT molecular complexity index is 283. The maximum Gasteiger partial charge on any atom is 0.103 e. The van der Waals surface area contributed by atoms with Crippen molar-refractivity contribution in [3.63, 3.8) is 0 Å². The van der Waals surface area contributed by atoms with Gasteiger partial charge in [0.2, 0.25) is 0 Å². The first-order valence-corrected chi connectivity index (χ1v) is 5.15. The van der Waals surface area contributed by atoms with Gasteiger partial charge in [-0.05, 0) is 6.92 Å². The number of thiazole rings is 1. The monoisotopic (exact) mass is 200 g/mol. The molecule has 3 N–H and O–H groups in total. The summed E-state index contributed by atoms with van der Waals surface area (Å²) in [4.78, 5) is 4.24. The molecule has 1 aromatic heterocycles. The number of hydrogen-bond acceptors (Lipinski definition) is 4. The van der Waals surface area contributed by atoms with Crippen LogP contribution in [0.25, 0.3) is 0 Å². The third-order valence-electron chi connectivity index (χ3n) is 2.18. The van der Waals surface area contributed by atoms with Gasteiger partial charge in [-0.15, -0.1) is 11.3 Å². The lowest BCUT2D eigenvalue weighted by molar-refractivity contribution is 0.0523. The first kappa shape index (κ1) is 10.6. The Labute approximate surface area is 82.6 Å². The van der Waals surface area contributed by atoms with Gasteiger partial charge in [0.25, 0.3) is 0 Å². The van der Waals surface area contributed by atoms with Crippen LogP contribution in [-0.4, -0.2) is 16.6 Å². The van der Waals surface area contributed by atoms with Crippen LogP contribution < -0.4 is 5.73 Å². The standard InChI is InChI=1S/C9H16N2OS/c1-6-11-7(4-13-6)8(12)9(2,3)5-10/h4,8,12H,5,10H2,1-3H3. The normalized spacial score (nSPS) is 14.5. The average molecular weight is 200 g/mol. The first-order chi connectivity index (χ1) is 5.97. The Morgan fingerprint density at radius 2 is 2.31 bits per heavy atom. The van der Waals surface area contributed by atoms with E-state index in [4.69, 9.17) is 5.73 Å². The summed E-state index contributed by atoms with van der Waals surface area (Å²) in [6, 6.07) is 0. The molecule has 0 aliphatic carbocycles. The highest BCUT2D eigenvalue weighted by molar-refractivity contribution is 7.09. The molecule has 0 aliphatic rings. The quantitative estimate of drug-likeness (QED) is 0.776. The Kier molecular flexibility index (Phi) is 3.05. The van der Waals surface area contributed by atoms with Crippen LogP contribution in [-0.2, 0) is 0 Å². The Morgan fingerprint density at radius 3 is 2.69 bits per heavy atom.